The maximum atomic E-state index is 10.1. The Labute approximate surface area is 57.2 Å². The predicted octanol–water partition coefficient (Wildman–Crippen LogP) is 1.04. The summed E-state index contributed by atoms with van der Waals surface area (Å²) in [7, 11) is 0. The molecule has 0 rings (SSSR count). The van der Waals surface area contributed by atoms with Crippen LogP contribution in [0.2, 0.25) is 0 Å². The van der Waals surface area contributed by atoms with E-state index in [2.05, 4.69) is 0 Å². The van der Waals surface area contributed by atoms with Gasteiger partial charge in [-0.1, -0.05) is 0 Å². The Morgan fingerprint density at radius 3 is 2.50 bits per heavy atom. The van der Waals surface area contributed by atoms with Crippen LogP contribution >= 0.6 is 23.4 Å². The van der Waals surface area contributed by atoms with Gasteiger partial charge in [0.25, 0.3) is 0 Å². The fourth-order valence-electron chi connectivity index (χ4n) is 0.230. The molecule has 0 aliphatic carbocycles. The highest BCUT2D eigenvalue weighted by Gasteiger charge is 2.12. The van der Waals surface area contributed by atoms with E-state index < -0.39 is 11.2 Å². The molecule has 2 nitrogen and oxygen atoms in total. The van der Waals surface area contributed by atoms with Crippen LogP contribution in [0.5, 0.6) is 0 Å². The van der Waals surface area contributed by atoms with Gasteiger partial charge in [-0.05, 0) is 6.26 Å². The summed E-state index contributed by atoms with van der Waals surface area (Å²) in [4.78, 5) is 10.1. The number of halogens is 1. The van der Waals surface area contributed by atoms with Gasteiger partial charge in [0.15, 0.2) is 0 Å². The summed E-state index contributed by atoms with van der Waals surface area (Å²) in [6, 6.07) is 0. The van der Waals surface area contributed by atoms with Crippen LogP contribution in [-0.2, 0) is 4.79 Å². The predicted molar refractivity (Wildman–Crippen MR) is 35.7 cm³/mol. The smallest absolute Gasteiger partial charge is 0.317 e. The summed E-state index contributed by atoms with van der Waals surface area (Å²) in [6.45, 7) is 0. The average Bonchev–Trinajstić information content (AvgIpc) is 1.69. The van der Waals surface area contributed by atoms with Gasteiger partial charge in [-0.15, -0.1) is 23.4 Å². The highest BCUT2D eigenvalue weighted by Crippen LogP contribution is 2.07. The number of rotatable bonds is 3. The standard InChI is InChI=1S/C4H7ClO2S/c1-8-3(2-5)4(6)7/h3H,2H2,1H3,(H,6,7). The van der Waals surface area contributed by atoms with Gasteiger partial charge >= 0.3 is 5.97 Å². The first kappa shape index (κ1) is 8.11. The molecule has 48 valence electrons. The van der Waals surface area contributed by atoms with Crippen LogP contribution in [0.25, 0.3) is 0 Å². The van der Waals surface area contributed by atoms with Crippen molar-refractivity contribution in [1.82, 2.24) is 0 Å². The first-order chi connectivity index (χ1) is 3.72. The lowest BCUT2D eigenvalue weighted by atomic mass is 10.5. The molecule has 0 heterocycles. The van der Waals surface area contributed by atoms with E-state index in [1.807, 2.05) is 0 Å². The molecule has 0 bridgehead atoms. The van der Waals surface area contributed by atoms with Crippen LogP contribution in [0.3, 0.4) is 0 Å². The molecule has 0 aliphatic rings. The van der Waals surface area contributed by atoms with Crippen LogP contribution < -0.4 is 0 Å². The summed E-state index contributed by atoms with van der Waals surface area (Å²) in [6.07, 6.45) is 1.72. The van der Waals surface area contributed by atoms with Gasteiger partial charge in [0.2, 0.25) is 0 Å². The molecule has 1 N–H and O–H groups in total. The lowest BCUT2D eigenvalue weighted by molar-refractivity contribution is -0.135. The zero-order valence-electron chi connectivity index (χ0n) is 4.43. The molecule has 1 unspecified atom stereocenters. The Morgan fingerprint density at radius 1 is 2.00 bits per heavy atom. The largest absolute Gasteiger partial charge is 0.480 e. The number of hydrogen-bond donors (Lipinski definition) is 1. The van der Waals surface area contributed by atoms with Crippen molar-refractivity contribution in [2.45, 2.75) is 5.25 Å². The van der Waals surface area contributed by atoms with E-state index in [1.54, 1.807) is 6.26 Å². The third-order valence-electron chi connectivity index (χ3n) is 0.700. The third kappa shape index (κ3) is 2.43. The van der Waals surface area contributed by atoms with Gasteiger partial charge in [-0.25, -0.2) is 0 Å². The van der Waals surface area contributed by atoms with Crippen LogP contribution in [-0.4, -0.2) is 28.5 Å². The normalized spacial score (nSPS) is 13.2. The van der Waals surface area contributed by atoms with E-state index in [4.69, 9.17) is 16.7 Å². The molecule has 0 amide bonds. The number of aliphatic carboxylic acids is 1. The van der Waals surface area contributed by atoms with Gasteiger partial charge in [0, 0.05) is 5.88 Å². The van der Waals surface area contributed by atoms with Crippen molar-refractivity contribution in [3.8, 4) is 0 Å². The van der Waals surface area contributed by atoms with Crippen LogP contribution in [0, 0.1) is 0 Å². The van der Waals surface area contributed by atoms with Crippen molar-refractivity contribution in [3.05, 3.63) is 0 Å². The number of hydrogen-bond acceptors (Lipinski definition) is 2. The second kappa shape index (κ2) is 4.04. The van der Waals surface area contributed by atoms with Crippen LogP contribution in [0.15, 0.2) is 0 Å². The Morgan fingerprint density at radius 2 is 2.50 bits per heavy atom. The summed E-state index contributed by atoms with van der Waals surface area (Å²) < 4.78 is 0. The maximum Gasteiger partial charge on any atom is 0.317 e. The summed E-state index contributed by atoms with van der Waals surface area (Å²) in [5.41, 5.74) is 0. The SMILES string of the molecule is CSC(CCl)C(=O)O. The molecular formula is C4H7ClO2S. The Hall–Kier alpha value is 0.110. The molecule has 0 aromatic carbocycles. The minimum atomic E-state index is -0.840. The van der Waals surface area contributed by atoms with Crippen molar-refractivity contribution in [2.24, 2.45) is 0 Å². The van der Waals surface area contributed by atoms with Crippen molar-refractivity contribution >= 4 is 29.3 Å². The number of alkyl halides is 1. The number of carbonyl (C=O) groups is 1. The second-order valence-corrected chi connectivity index (χ2v) is 2.57. The molecule has 0 fully saturated rings. The molecular weight excluding hydrogens is 148 g/mol. The molecule has 0 aromatic heterocycles. The van der Waals surface area contributed by atoms with Gasteiger partial charge in [-0.3, -0.25) is 4.79 Å². The number of carboxylic acids is 1. The first-order valence-electron chi connectivity index (χ1n) is 2.04. The molecule has 0 aromatic rings. The Bertz CT molecular complexity index is 82.1. The van der Waals surface area contributed by atoms with E-state index in [9.17, 15) is 4.79 Å². The summed E-state index contributed by atoms with van der Waals surface area (Å²) in [5, 5.41) is 7.82. The highest BCUT2D eigenvalue weighted by atomic mass is 35.5. The molecule has 0 saturated carbocycles. The zero-order valence-corrected chi connectivity index (χ0v) is 6.00. The molecule has 1 atom stereocenters. The van der Waals surface area contributed by atoms with Crippen molar-refractivity contribution < 1.29 is 9.90 Å². The third-order valence-corrected chi connectivity index (χ3v) is 2.13. The molecule has 0 saturated heterocycles. The monoisotopic (exact) mass is 154 g/mol. The minimum absolute atomic E-state index is 0.177. The van der Waals surface area contributed by atoms with E-state index in [-0.39, 0.29) is 5.88 Å². The molecule has 4 heteroatoms. The lowest BCUT2D eigenvalue weighted by Crippen LogP contribution is -2.16. The highest BCUT2D eigenvalue weighted by molar-refractivity contribution is 8.00. The van der Waals surface area contributed by atoms with Gasteiger partial charge < -0.3 is 5.11 Å². The quantitative estimate of drug-likeness (QED) is 0.618. The van der Waals surface area contributed by atoms with Crippen molar-refractivity contribution in [3.63, 3.8) is 0 Å². The maximum absolute atomic E-state index is 10.1. The summed E-state index contributed by atoms with van der Waals surface area (Å²) >= 11 is 6.51. The fraction of sp³-hybridized carbons (Fsp3) is 0.750. The number of thioether (sulfide) groups is 1. The zero-order chi connectivity index (χ0) is 6.57. The van der Waals surface area contributed by atoms with Gasteiger partial charge in [-0.2, -0.15) is 0 Å². The lowest BCUT2D eigenvalue weighted by Gasteiger charge is -2.00. The van der Waals surface area contributed by atoms with Crippen LogP contribution in [0.1, 0.15) is 0 Å². The second-order valence-electron chi connectivity index (χ2n) is 1.22. The van der Waals surface area contributed by atoms with Gasteiger partial charge in [0.1, 0.15) is 5.25 Å². The van der Waals surface area contributed by atoms with Crippen molar-refractivity contribution in [2.75, 3.05) is 12.1 Å². The average molecular weight is 155 g/mol. The van der Waals surface area contributed by atoms with Crippen LogP contribution in [0.4, 0.5) is 0 Å². The topological polar surface area (TPSA) is 37.3 Å². The fourth-order valence-corrected chi connectivity index (χ4v) is 1.07. The summed E-state index contributed by atoms with van der Waals surface area (Å²) in [5.74, 6) is -0.663. The molecule has 0 spiro atoms. The Kier molecular flexibility index (Phi) is 4.09. The molecule has 0 aliphatic heterocycles. The Balaban J connectivity index is 3.52. The number of carboxylic acid groups (broad SMARTS) is 1. The van der Waals surface area contributed by atoms with E-state index in [1.165, 1.54) is 11.8 Å². The van der Waals surface area contributed by atoms with E-state index in [0.717, 1.165) is 0 Å². The first-order valence-corrected chi connectivity index (χ1v) is 3.86. The molecule has 8 heavy (non-hydrogen) atoms. The van der Waals surface area contributed by atoms with Gasteiger partial charge in [0.05, 0.1) is 0 Å². The van der Waals surface area contributed by atoms with E-state index >= 15 is 0 Å². The van der Waals surface area contributed by atoms with Crippen molar-refractivity contribution in [1.29, 1.82) is 0 Å². The minimum Gasteiger partial charge on any atom is -0.480 e. The molecule has 0 radical (unpaired) electrons. The van der Waals surface area contributed by atoms with E-state index in [0.29, 0.717) is 0 Å².